The number of rotatable bonds is 3. The van der Waals surface area contributed by atoms with Crippen LogP contribution in [-0.4, -0.2) is 30.9 Å². The van der Waals surface area contributed by atoms with Crippen LogP contribution in [0.3, 0.4) is 0 Å². The molecule has 0 fully saturated rings. The minimum absolute atomic E-state index is 0.0224. The number of carbonyl (C=O) groups is 2. The van der Waals surface area contributed by atoms with E-state index < -0.39 is 5.41 Å². The Balaban J connectivity index is 2.49. The standard InChI is InChI=1S/C17H22ClNO3/c1-11-9-13(15(20)22-4)12-7-5-6-8-14(12)19(11)16(21)17(2,3)10-18/h5-8,11,13H,9-10H2,1-4H3. The van der Waals surface area contributed by atoms with Gasteiger partial charge in [0.1, 0.15) is 0 Å². The van der Waals surface area contributed by atoms with Gasteiger partial charge in [0.25, 0.3) is 0 Å². The van der Waals surface area contributed by atoms with Crippen molar-refractivity contribution in [3.63, 3.8) is 0 Å². The van der Waals surface area contributed by atoms with Crippen molar-refractivity contribution in [2.45, 2.75) is 39.2 Å². The van der Waals surface area contributed by atoms with E-state index in [1.165, 1.54) is 7.11 Å². The number of para-hydroxylation sites is 1. The quantitative estimate of drug-likeness (QED) is 0.633. The number of ether oxygens (including phenoxy) is 1. The highest BCUT2D eigenvalue weighted by atomic mass is 35.5. The number of alkyl halides is 1. The molecule has 1 amide bonds. The van der Waals surface area contributed by atoms with Gasteiger partial charge < -0.3 is 9.64 Å². The van der Waals surface area contributed by atoms with Crippen molar-refractivity contribution >= 4 is 29.2 Å². The molecular formula is C17H22ClNO3. The van der Waals surface area contributed by atoms with E-state index in [2.05, 4.69) is 0 Å². The van der Waals surface area contributed by atoms with Gasteiger partial charge in [0, 0.05) is 17.6 Å². The minimum atomic E-state index is -0.652. The number of anilines is 1. The number of benzene rings is 1. The van der Waals surface area contributed by atoms with Crippen LogP contribution in [0.25, 0.3) is 0 Å². The SMILES string of the molecule is COC(=O)C1CC(C)N(C(=O)C(C)(C)CCl)c2ccccc21. The van der Waals surface area contributed by atoms with Crippen LogP contribution in [0, 0.1) is 5.41 Å². The summed E-state index contributed by atoms with van der Waals surface area (Å²) in [5.41, 5.74) is 0.965. The number of methoxy groups -OCH3 is 1. The van der Waals surface area contributed by atoms with Crippen LogP contribution >= 0.6 is 11.6 Å². The molecule has 0 aliphatic carbocycles. The van der Waals surface area contributed by atoms with E-state index in [9.17, 15) is 9.59 Å². The second-order valence-electron chi connectivity index (χ2n) is 6.41. The lowest BCUT2D eigenvalue weighted by Gasteiger charge is -2.41. The van der Waals surface area contributed by atoms with Crippen LogP contribution in [0.4, 0.5) is 5.69 Å². The fraction of sp³-hybridized carbons (Fsp3) is 0.529. The summed E-state index contributed by atoms with van der Waals surface area (Å²) in [7, 11) is 1.39. The van der Waals surface area contributed by atoms with Gasteiger partial charge in [-0.1, -0.05) is 18.2 Å². The predicted molar refractivity (Wildman–Crippen MR) is 87.3 cm³/mol. The number of hydrogen-bond donors (Lipinski definition) is 0. The van der Waals surface area contributed by atoms with Crippen molar-refractivity contribution in [2.75, 3.05) is 17.9 Å². The van der Waals surface area contributed by atoms with Crippen molar-refractivity contribution in [1.29, 1.82) is 0 Å². The zero-order valence-electron chi connectivity index (χ0n) is 13.4. The summed E-state index contributed by atoms with van der Waals surface area (Å²) in [6, 6.07) is 7.42. The smallest absolute Gasteiger partial charge is 0.313 e. The van der Waals surface area contributed by atoms with Crippen LogP contribution in [0.5, 0.6) is 0 Å². The van der Waals surface area contributed by atoms with Gasteiger partial charge in [0.15, 0.2) is 0 Å². The second kappa shape index (κ2) is 6.29. The zero-order chi connectivity index (χ0) is 16.5. The Morgan fingerprint density at radius 3 is 2.59 bits per heavy atom. The molecule has 120 valence electrons. The van der Waals surface area contributed by atoms with Crippen LogP contribution < -0.4 is 4.90 Å². The summed E-state index contributed by atoms with van der Waals surface area (Å²) >= 11 is 5.96. The molecule has 0 aromatic heterocycles. The molecule has 2 unspecified atom stereocenters. The molecule has 2 atom stereocenters. The lowest BCUT2D eigenvalue weighted by atomic mass is 9.83. The Labute approximate surface area is 136 Å². The monoisotopic (exact) mass is 323 g/mol. The van der Waals surface area contributed by atoms with Gasteiger partial charge in [-0.15, -0.1) is 11.6 Å². The zero-order valence-corrected chi connectivity index (χ0v) is 14.2. The maximum absolute atomic E-state index is 12.9. The Bertz CT molecular complexity index is 585. The lowest BCUT2D eigenvalue weighted by Crippen LogP contribution is -2.50. The van der Waals surface area contributed by atoms with Gasteiger partial charge in [0.05, 0.1) is 18.4 Å². The van der Waals surface area contributed by atoms with Gasteiger partial charge in [-0.2, -0.15) is 0 Å². The van der Waals surface area contributed by atoms with Crippen molar-refractivity contribution in [3.8, 4) is 0 Å². The maximum Gasteiger partial charge on any atom is 0.313 e. The van der Waals surface area contributed by atoms with E-state index in [4.69, 9.17) is 16.3 Å². The van der Waals surface area contributed by atoms with E-state index in [0.717, 1.165) is 11.3 Å². The van der Waals surface area contributed by atoms with Crippen LogP contribution in [0.2, 0.25) is 0 Å². The third-order valence-electron chi connectivity index (χ3n) is 4.21. The Morgan fingerprint density at radius 2 is 2.00 bits per heavy atom. The minimum Gasteiger partial charge on any atom is -0.469 e. The molecule has 0 saturated heterocycles. The second-order valence-corrected chi connectivity index (χ2v) is 6.68. The number of esters is 1. The molecule has 5 heteroatoms. The van der Waals surface area contributed by atoms with Gasteiger partial charge in [-0.25, -0.2) is 0 Å². The first kappa shape index (κ1) is 16.8. The van der Waals surface area contributed by atoms with Crippen LogP contribution in [-0.2, 0) is 14.3 Å². The van der Waals surface area contributed by atoms with Crippen molar-refractivity contribution in [2.24, 2.45) is 5.41 Å². The van der Waals surface area contributed by atoms with Crippen LogP contribution in [0.15, 0.2) is 24.3 Å². The highest BCUT2D eigenvalue weighted by molar-refractivity contribution is 6.20. The highest BCUT2D eigenvalue weighted by Crippen LogP contribution is 2.41. The van der Waals surface area contributed by atoms with Gasteiger partial charge in [-0.05, 0) is 38.8 Å². The first-order valence-electron chi connectivity index (χ1n) is 7.40. The molecule has 0 radical (unpaired) electrons. The normalized spacial score (nSPS) is 21.2. The molecule has 4 nitrogen and oxygen atoms in total. The molecule has 0 spiro atoms. The molecule has 1 aliphatic rings. The fourth-order valence-corrected chi connectivity index (χ4v) is 2.99. The lowest BCUT2D eigenvalue weighted by molar-refractivity contribution is -0.143. The topological polar surface area (TPSA) is 46.6 Å². The van der Waals surface area contributed by atoms with Crippen molar-refractivity contribution in [1.82, 2.24) is 0 Å². The Kier molecular flexibility index (Phi) is 4.81. The molecule has 2 rings (SSSR count). The summed E-state index contributed by atoms with van der Waals surface area (Å²) < 4.78 is 4.92. The fourth-order valence-electron chi connectivity index (χ4n) is 2.87. The summed E-state index contributed by atoms with van der Waals surface area (Å²) in [6.45, 7) is 5.63. The number of hydrogen-bond acceptors (Lipinski definition) is 3. The maximum atomic E-state index is 12.9. The van der Waals surface area contributed by atoms with Gasteiger partial charge in [-0.3, -0.25) is 9.59 Å². The summed E-state index contributed by atoms with van der Waals surface area (Å²) in [6.07, 6.45) is 0.549. The predicted octanol–water partition coefficient (Wildman–Crippen LogP) is 3.33. The third-order valence-corrected chi connectivity index (χ3v) is 4.87. The Hall–Kier alpha value is -1.55. The third kappa shape index (κ3) is 2.84. The molecule has 1 aliphatic heterocycles. The first-order valence-corrected chi connectivity index (χ1v) is 7.93. The number of amides is 1. The van der Waals surface area contributed by atoms with E-state index in [1.807, 2.05) is 45.0 Å². The summed E-state index contributed by atoms with van der Waals surface area (Å²) in [5.74, 6) is -0.370. The Morgan fingerprint density at radius 1 is 1.36 bits per heavy atom. The first-order chi connectivity index (χ1) is 10.3. The number of fused-ring (bicyclic) bond motifs is 1. The van der Waals surface area contributed by atoms with E-state index in [1.54, 1.807) is 4.90 Å². The van der Waals surface area contributed by atoms with Gasteiger partial charge in [0.2, 0.25) is 5.91 Å². The average Bonchev–Trinajstić information content (AvgIpc) is 2.52. The van der Waals surface area contributed by atoms with Crippen molar-refractivity contribution < 1.29 is 14.3 Å². The average molecular weight is 324 g/mol. The van der Waals surface area contributed by atoms with E-state index in [-0.39, 0.29) is 29.7 Å². The number of nitrogens with zero attached hydrogens (tertiary/aromatic N) is 1. The molecule has 22 heavy (non-hydrogen) atoms. The molecule has 1 heterocycles. The van der Waals surface area contributed by atoms with Gasteiger partial charge >= 0.3 is 5.97 Å². The highest BCUT2D eigenvalue weighted by Gasteiger charge is 2.41. The van der Waals surface area contributed by atoms with E-state index in [0.29, 0.717) is 6.42 Å². The summed E-state index contributed by atoms with van der Waals surface area (Å²) in [5, 5.41) is 0. The molecule has 0 N–H and O–H groups in total. The number of carbonyl (C=O) groups excluding carboxylic acids is 2. The summed E-state index contributed by atoms with van der Waals surface area (Å²) in [4.78, 5) is 26.7. The largest absolute Gasteiger partial charge is 0.469 e. The van der Waals surface area contributed by atoms with E-state index >= 15 is 0 Å². The molecule has 1 aromatic rings. The van der Waals surface area contributed by atoms with Crippen LogP contribution in [0.1, 0.15) is 38.7 Å². The number of halogens is 1. The van der Waals surface area contributed by atoms with Crippen molar-refractivity contribution in [3.05, 3.63) is 29.8 Å². The molecule has 1 aromatic carbocycles. The molecular weight excluding hydrogens is 302 g/mol. The molecule has 0 saturated carbocycles. The molecule has 0 bridgehead atoms.